The molecule has 0 radical (unpaired) electrons. The molecule has 0 saturated carbocycles. The summed E-state index contributed by atoms with van der Waals surface area (Å²) in [5.41, 5.74) is 5.85. The highest BCUT2D eigenvalue weighted by Gasteiger charge is 2.36. The van der Waals surface area contributed by atoms with E-state index in [1.807, 2.05) is 60.8 Å². The highest BCUT2D eigenvalue weighted by Crippen LogP contribution is 2.44. The summed E-state index contributed by atoms with van der Waals surface area (Å²) in [5.74, 6) is 1.08. The van der Waals surface area contributed by atoms with Crippen LogP contribution in [0, 0.1) is 0 Å². The quantitative estimate of drug-likeness (QED) is 0.646. The number of hydrogen-bond donors (Lipinski definition) is 2. The van der Waals surface area contributed by atoms with E-state index >= 15 is 0 Å². The fourth-order valence-electron chi connectivity index (χ4n) is 4.42. The van der Waals surface area contributed by atoms with Gasteiger partial charge in [-0.1, -0.05) is 30.3 Å². The summed E-state index contributed by atoms with van der Waals surface area (Å²) in [6.45, 7) is 0. The number of Topliss-reactive ketones (excluding diaryl/α,β-unsaturated/α-hetero) is 1. The average molecular weight is 397 g/mol. The monoisotopic (exact) mass is 397 g/mol. The summed E-state index contributed by atoms with van der Waals surface area (Å²) < 4.78 is 5.39. The van der Waals surface area contributed by atoms with Crippen molar-refractivity contribution >= 4 is 17.2 Å². The largest absolute Gasteiger partial charge is 0.497 e. The number of allylic oxidation sites excluding steroid dienone is 1. The van der Waals surface area contributed by atoms with Gasteiger partial charge in [-0.05, 0) is 53.8 Å². The molecule has 0 amide bonds. The van der Waals surface area contributed by atoms with Gasteiger partial charge >= 0.3 is 0 Å². The van der Waals surface area contributed by atoms with Crippen molar-refractivity contribution in [1.82, 2.24) is 4.98 Å². The summed E-state index contributed by atoms with van der Waals surface area (Å²) in [7, 11) is 1.67. The first kappa shape index (κ1) is 18.4. The molecule has 2 aromatic carbocycles. The van der Waals surface area contributed by atoms with Crippen molar-refractivity contribution in [2.45, 2.75) is 24.8 Å². The number of ketones is 1. The van der Waals surface area contributed by atoms with Gasteiger partial charge in [-0.2, -0.15) is 0 Å². The van der Waals surface area contributed by atoms with E-state index in [9.17, 15) is 4.79 Å². The molecular formula is C25H23N3O2. The third-order valence-corrected chi connectivity index (χ3v) is 5.89. The minimum absolute atomic E-state index is 0.110. The number of pyridine rings is 1. The highest BCUT2D eigenvalue weighted by molar-refractivity contribution is 6.01. The summed E-state index contributed by atoms with van der Waals surface area (Å²) >= 11 is 0. The normalized spacial score (nSPS) is 20.4. The predicted molar refractivity (Wildman–Crippen MR) is 118 cm³/mol. The van der Waals surface area contributed by atoms with Gasteiger partial charge in [0.1, 0.15) is 5.75 Å². The Labute approximate surface area is 175 Å². The molecule has 0 spiro atoms. The lowest BCUT2D eigenvalue weighted by molar-refractivity contribution is -0.116. The van der Waals surface area contributed by atoms with Crippen LogP contribution in [-0.4, -0.2) is 17.9 Å². The Kier molecular flexibility index (Phi) is 4.71. The highest BCUT2D eigenvalue weighted by atomic mass is 16.5. The van der Waals surface area contributed by atoms with E-state index in [0.717, 1.165) is 45.9 Å². The summed E-state index contributed by atoms with van der Waals surface area (Å²) in [4.78, 5) is 17.7. The SMILES string of the molecule is COc1cccc([C@@H]2CC(=O)C3=C(C2)Nc2ccccc2N[C@@H]3c2cccnc2)c1. The molecule has 1 aliphatic carbocycles. The Morgan fingerprint density at radius 1 is 0.967 bits per heavy atom. The molecule has 150 valence electrons. The number of rotatable bonds is 3. The summed E-state index contributed by atoms with van der Waals surface area (Å²) in [5, 5.41) is 7.14. The molecule has 5 nitrogen and oxygen atoms in total. The molecule has 2 atom stereocenters. The van der Waals surface area contributed by atoms with E-state index in [0.29, 0.717) is 6.42 Å². The number of carbonyl (C=O) groups excluding carboxylic acids is 1. The van der Waals surface area contributed by atoms with Gasteiger partial charge in [0.05, 0.1) is 24.5 Å². The van der Waals surface area contributed by atoms with Gasteiger partial charge < -0.3 is 15.4 Å². The van der Waals surface area contributed by atoms with Crippen LogP contribution in [0.3, 0.4) is 0 Å². The standard InChI is InChI=1S/C25H23N3O2/c1-30-19-8-4-6-16(12-19)18-13-22-24(23(29)14-18)25(17-7-5-11-26-15-17)28-21-10-3-2-9-20(21)27-22/h2-12,15,18,25,27-28H,13-14H2,1H3/t18-,25+/m0/s1. The molecule has 0 fully saturated rings. The van der Waals surface area contributed by atoms with Crippen molar-refractivity contribution < 1.29 is 9.53 Å². The zero-order valence-electron chi connectivity index (χ0n) is 16.8. The van der Waals surface area contributed by atoms with Crippen LogP contribution in [0.5, 0.6) is 5.75 Å². The van der Waals surface area contributed by atoms with Gasteiger partial charge in [0.2, 0.25) is 0 Å². The van der Waals surface area contributed by atoms with Gasteiger partial charge in [-0.3, -0.25) is 9.78 Å². The number of benzene rings is 2. The van der Waals surface area contributed by atoms with Crippen LogP contribution in [0.2, 0.25) is 0 Å². The Morgan fingerprint density at radius 2 is 1.80 bits per heavy atom. The average Bonchev–Trinajstić information content (AvgIpc) is 2.96. The van der Waals surface area contributed by atoms with E-state index < -0.39 is 0 Å². The van der Waals surface area contributed by atoms with Crippen molar-refractivity contribution in [1.29, 1.82) is 0 Å². The fourth-order valence-corrected chi connectivity index (χ4v) is 4.42. The number of carbonyl (C=O) groups is 1. The van der Waals surface area contributed by atoms with Gasteiger partial charge in [0.25, 0.3) is 0 Å². The van der Waals surface area contributed by atoms with E-state index in [4.69, 9.17) is 4.74 Å². The zero-order valence-corrected chi connectivity index (χ0v) is 16.8. The van der Waals surface area contributed by atoms with Crippen LogP contribution in [0.1, 0.15) is 35.9 Å². The van der Waals surface area contributed by atoms with E-state index in [-0.39, 0.29) is 17.7 Å². The second kappa shape index (κ2) is 7.67. The van der Waals surface area contributed by atoms with Gasteiger partial charge in [-0.25, -0.2) is 0 Å². The maximum atomic E-state index is 13.5. The summed E-state index contributed by atoms with van der Waals surface area (Å²) in [6, 6.07) is 19.8. The minimum Gasteiger partial charge on any atom is -0.497 e. The number of nitrogens with zero attached hydrogens (tertiary/aromatic N) is 1. The minimum atomic E-state index is -0.233. The molecular weight excluding hydrogens is 374 g/mol. The molecule has 2 N–H and O–H groups in total. The van der Waals surface area contributed by atoms with Crippen molar-refractivity contribution in [3.8, 4) is 5.75 Å². The van der Waals surface area contributed by atoms with Crippen molar-refractivity contribution in [2.75, 3.05) is 17.7 Å². The molecule has 2 heterocycles. The number of fused-ring (bicyclic) bond motifs is 1. The first-order valence-corrected chi connectivity index (χ1v) is 10.2. The third-order valence-electron chi connectivity index (χ3n) is 5.89. The number of hydrogen-bond acceptors (Lipinski definition) is 5. The smallest absolute Gasteiger partial charge is 0.163 e. The number of methoxy groups -OCH3 is 1. The van der Waals surface area contributed by atoms with Crippen LogP contribution in [0.15, 0.2) is 84.3 Å². The molecule has 30 heavy (non-hydrogen) atoms. The van der Waals surface area contributed by atoms with Crippen LogP contribution in [0.4, 0.5) is 11.4 Å². The zero-order chi connectivity index (χ0) is 20.5. The van der Waals surface area contributed by atoms with Crippen molar-refractivity contribution in [3.63, 3.8) is 0 Å². The lowest BCUT2D eigenvalue weighted by Crippen LogP contribution is -2.26. The number of aromatic nitrogens is 1. The topological polar surface area (TPSA) is 63.2 Å². The second-order valence-corrected chi connectivity index (χ2v) is 7.73. The lowest BCUT2D eigenvalue weighted by Gasteiger charge is -2.30. The molecule has 0 saturated heterocycles. The molecule has 1 aliphatic heterocycles. The Morgan fingerprint density at radius 3 is 2.60 bits per heavy atom. The number of nitrogens with one attached hydrogen (secondary N) is 2. The van der Waals surface area contributed by atoms with Crippen molar-refractivity contribution in [3.05, 3.63) is 95.5 Å². The Bertz CT molecular complexity index is 1120. The van der Waals surface area contributed by atoms with Crippen LogP contribution in [0.25, 0.3) is 0 Å². The maximum Gasteiger partial charge on any atom is 0.163 e. The van der Waals surface area contributed by atoms with Crippen LogP contribution < -0.4 is 15.4 Å². The molecule has 0 bridgehead atoms. The van der Waals surface area contributed by atoms with Gasteiger partial charge in [-0.15, -0.1) is 0 Å². The van der Waals surface area contributed by atoms with E-state index in [2.05, 4.69) is 21.7 Å². The molecule has 3 aromatic rings. The molecule has 5 rings (SSSR count). The fraction of sp³-hybridized carbons (Fsp3) is 0.200. The first-order valence-electron chi connectivity index (χ1n) is 10.2. The Hall–Kier alpha value is -3.60. The van der Waals surface area contributed by atoms with Crippen molar-refractivity contribution in [2.24, 2.45) is 0 Å². The molecule has 2 aliphatic rings. The van der Waals surface area contributed by atoms with Crippen LogP contribution in [-0.2, 0) is 4.79 Å². The lowest BCUT2D eigenvalue weighted by atomic mass is 9.78. The number of para-hydroxylation sites is 2. The van der Waals surface area contributed by atoms with E-state index in [1.54, 1.807) is 13.3 Å². The second-order valence-electron chi connectivity index (χ2n) is 7.73. The maximum absolute atomic E-state index is 13.5. The van der Waals surface area contributed by atoms with E-state index in [1.165, 1.54) is 0 Å². The predicted octanol–water partition coefficient (Wildman–Crippen LogP) is 5.07. The molecule has 0 unspecified atom stereocenters. The van der Waals surface area contributed by atoms with Gasteiger partial charge in [0.15, 0.2) is 5.78 Å². The van der Waals surface area contributed by atoms with Gasteiger partial charge in [0, 0.05) is 30.1 Å². The number of anilines is 2. The molecule has 1 aromatic heterocycles. The van der Waals surface area contributed by atoms with Crippen LogP contribution >= 0.6 is 0 Å². The Balaban J connectivity index is 1.59. The molecule has 5 heteroatoms. The first-order chi connectivity index (χ1) is 14.7. The number of ether oxygens (including phenoxy) is 1. The summed E-state index contributed by atoms with van der Waals surface area (Å²) in [6.07, 6.45) is 4.82. The third kappa shape index (κ3) is 3.32.